The van der Waals surface area contributed by atoms with Crippen LogP contribution in [-0.2, 0) is 11.2 Å². The zero-order valence-electron chi connectivity index (χ0n) is 11.2. The summed E-state index contributed by atoms with van der Waals surface area (Å²) in [7, 11) is 0. The van der Waals surface area contributed by atoms with Crippen molar-refractivity contribution >= 4 is 11.6 Å². The van der Waals surface area contributed by atoms with E-state index in [9.17, 15) is 14.4 Å². The van der Waals surface area contributed by atoms with Gasteiger partial charge in [-0.15, -0.1) is 0 Å². The molecule has 0 spiro atoms. The van der Waals surface area contributed by atoms with E-state index in [2.05, 4.69) is 15.3 Å². The fraction of sp³-hybridized carbons (Fsp3) is 0.214. The quantitative estimate of drug-likeness (QED) is 0.774. The van der Waals surface area contributed by atoms with Crippen molar-refractivity contribution in [3.63, 3.8) is 0 Å². The molecule has 0 radical (unpaired) electrons. The molecular formula is C14H15N3O3. The zero-order valence-corrected chi connectivity index (χ0v) is 11.2. The highest BCUT2D eigenvalue weighted by Gasteiger charge is 2.06. The van der Waals surface area contributed by atoms with E-state index >= 15 is 0 Å². The second-order valence-electron chi connectivity index (χ2n) is 4.71. The van der Waals surface area contributed by atoms with E-state index in [1.165, 1.54) is 6.07 Å². The SMILES string of the molecule is Cc1cc(C)cc(NC(=O)Cc2cc(=O)[nH]c(=O)[nH]2)c1. The largest absolute Gasteiger partial charge is 0.326 e. The number of carbonyl (C=O) groups is 1. The van der Waals surface area contributed by atoms with Gasteiger partial charge >= 0.3 is 5.69 Å². The molecule has 0 fully saturated rings. The van der Waals surface area contributed by atoms with Gasteiger partial charge in [0.25, 0.3) is 5.56 Å². The summed E-state index contributed by atoms with van der Waals surface area (Å²) in [5, 5.41) is 2.74. The molecule has 104 valence electrons. The first-order valence-corrected chi connectivity index (χ1v) is 6.13. The molecule has 3 N–H and O–H groups in total. The Morgan fingerprint density at radius 3 is 2.30 bits per heavy atom. The Morgan fingerprint density at radius 2 is 1.70 bits per heavy atom. The summed E-state index contributed by atoms with van der Waals surface area (Å²) >= 11 is 0. The van der Waals surface area contributed by atoms with Crippen LogP contribution in [0.4, 0.5) is 5.69 Å². The number of H-pyrrole nitrogens is 2. The maximum Gasteiger partial charge on any atom is 0.325 e. The Balaban J connectivity index is 2.12. The van der Waals surface area contributed by atoms with Crippen molar-refractivity contribution in [1.29, 1.82) is 0 Å². The number of anilines is 1. The minimum atomic E-state index is -0.619. The Kier molecular flexibility index (Phi) is 3.84. The number of hydrogen-bond donors (Lipinski definition) is 3. The van der Waals surface area contributed by atoms with Gasteiger partial charge in [0.15, 0.2) is 0 Å². The monoisotopic (exact) mass is 273 g/mol. The second kappa shape index (κ2) is 5.56. The number of nitrogens with one attached hydrogen (secondary N) is 3. The molecule has 1 aromatic carbocycles. The first-order valence-electron chi connectivity index (χ1n) is 6.13. The molecule has 0 aliphatic carbocycles. The third-order valence-electron chi connectivity index (χ3n) is 2.67. The van der Waals surface area contributed by atoms with Crippen LogP contribution in [0.1, 0.15) is 16.8 Å². The number of hydrogen-bond acceptors (Lipinski definition) is 3. The van der Waals surface area contributed by atoms with Crippen molar-refractivity contribution in [2.24, 2.45) is 0 Å². The zero-order chi connectivity index (χ0) is 14.7. The standard InChI is InChI=1S/C14H15N3O3/c1-8-3-9(2)5-10(4-8)15-12(18)6-11-7-13(19)17-14(20)16-11/h3-5,7H,6H2,1-2H3,(H,15,18)(H2,16,17,19,20). The summed E-state index contributed by atoms with van der Waals surface area (Å²) in [6.45, 7) is 3.88. The Morgan fingerprint density at radius 1 is 1.05 bits per heavy atom. The summed E-state index contributed by atoms with van der Waals surface area (Å²) in [5.74, 6) is -0.295. The van der Waals surface area contributed by atoms with Crippen LogP contribution in [0, 0.1) is 13.8 Å². The van der Waals surface area contributed by atoms with Crippen LogP contribution in [0.25, 0.3) is 0 Å². The van der Waals surface area contributed by atoms with Gasteiger partial charge < -0.3 is 10.3 Å². The lowest BCUT2D eigenvalue weighted by Crippen LogP contribution is -2.25. The lowest BCUT2D eigenvalue weighted by molar-refractivity contribution is -0.115. The minimum Gasteiger partial charge on any atom is -0.326 e. The number of benzene rings is 1. The number of rotatable bonds is 3. The van der Waals surface area contributed by atoms with Crippen LogP contribution < -0.4 is 16.6 Å². The van der Waals surface area contributed by atoms with Crippen LogP contribution in [0.15, 0.2) is 33.9 Å². The summed E-state index contributed by atoms with van der Waals surface area (Å²) in [4.78, 5) is 38.6. The molecule has 20 heavy (non-hydrogen) atoms. The number of carbonyl (C=O) groups excluding carboxylic acids is 1. The van der Waals surface area contributed by atoms with E-state index in [0.29, 0.717) is 5.69 Å². The molecule has 0 saturated heterocycles. The number of amides is 1. The van der Waals surface area contributed by atoms with Crippen LogP contribution in [0.5, 0.6) is 0 Å². The number of aryl methyl sites for hydroxylation is 2. The van der Waals surface area contributed by atoms with Crippen molar-refractivity contribution in [3.8, 4) is 0 Å². The summed E-state index contributed by atoms with van der Waals surface area (Å²) in [5.41, 5.74) is 1.92. The molecular weight excluding hydrogens is 258 g/mol. The van der Waals surface area contributed by atoms with E-state index in [4.69, 9.17) is 0 Å². The molecule has 2 rings (SSSR count). The lowest BCUT2D eigenvalue weighted by Gasteiger charge is -2.07. The highest BCUT2D eigenvalue weighted by molar-refractivity contribution is 5.92. The molecule has 0 unspecified atom stereocenters. The van der Waals surface area contributed by atoms with Crippen molar-refractivity contribution < 1.29 is 4.79 Å². The number of aromatic amines is 2. The van der Waals surface area contributed by atoms with Gasteiger partial charge in [-0.05, 0) is 37.1 Å². The fourth-order valence-corrected chi connectivity index (χ4v) is 2.04. The smallest absolute Gasteiger partial charge is 0.325 e. The summed E-state index contributed by atoms with van der Waals surface area (Å²) in [6, 6.07) is 6.91. The fourth-order valence-electron chi connectivity index (χ4n) is 2.04. The van der Waals surface area contributed by atoms with Gasteiger partial charge in [0, 0.05) is 17.4 Å². The Hall–Kier alpha value is -2.63. The summed E-state index contributed by atoms with van der Waals surface area (Å²) < 4.78 is 0. The Bertz CT molecular complexity index is 710. The molecule has 1 heterocycles. The van der Waals surface area contributed by atoms with E-state index in [-0.39, 0.29) is 18.0 Å². The van der Waals surface area contributed by atoms with Crippen LogP contribution in [-0.4, -0.2) is 15.9 Å². The molecule has 0 atom stereocenters. The molecule has 0 aliphatic heterocycles. The van der Waals surface area contributed by atoms with Gasteiger partial charge in [0.2, 0.25) is 5.91 Å². The van der Waals surface area contributed by atoms with Crippen molar-refractivity contribution in [3.05, 3.63) is 61.9 Å². The predicted octanol–water partition coefficient (Wildman–Crippen LogP) is 0.861. The van der Waals surface area contributed by atoms with E-state index in [0.717, 1.165) is 11.1 Å². The molecule has 0 aliphatic rings. The molecule has 0 bridgehead atoms. The molecule has 2 aromatic rings. The number of aromatic nitrogens is 2. The van der Waals surface area contributed by atoms with Crippen LogP contribution in [0.2, 0.25) is 0 Å². The first-order chi connectivity index (χ1) is 9.42. The predicted molar refractivity (Wildman–Crippen MR) is 75.9 cm³/mol. The van der Waals surface area contributed by atoms with Crippen molar-refractivity contribution in [2.75, 3.05) is 5.32 Å². The van der Waals surface area contributed by atoms with Crippen molar-refractivity contribution in [2.45, 2.75) is 20.3 Å². The molecule has 1 aromatic heterocycles. The van der Waals surface area contributed by atoms with Crippen molar-refractivity contribution in [1.82, 2.24) is 9.97 Å². The lowest BCUT2D eigenvalue weighted by atomic mass is 10.1. The summed E-state index contributed by atoms with van der Waals surface area (Å²) in [6.07, 6.45) is -0.0633. The van der Waals surface area contributed by atoms with Gasteiger partial charge in [-0.1, -0.05) is 6.07 Å². The maximum absolute atomic E-state index is 11.9. The normalized spacial score (nSPS) is 10.3. The topological polar surface area (TPSA) is 94.8 Å². The van der Waals surface area contributed by atoms with Crippen LogP contribution in [0.3, 0.4) is 0 Å². The van der Waals surface area contributed by atoms with Gasteiger partial charge in [-0.2, -0.15) is 0 Å². The minimum absolute atomic E-state index is 0.0633. The molecule has 6 nitrogen and oxygen atoms in total. The van der Waals surface area contributed by atoms with Gasteiger partial charge in [-0.25, -0.2) is 4.79 Å². The van der Waals surface area contributed by atoms with Gasteiger partial charge in [0.1, 0.15) is 0 Å². The van der Waals surface area contributed by atoms with Gasteiger partial charge in [0.05, 0.1) is 6.42 Å². The average molecular weight is 273 g/mol. The van der Waals surface area contributed by atoms with E-state index < -0.39 is 11.2 Å². The van der Waals surface area contributed by atoms with E-state index in [1.807, 2.05) is 32.0 Å². The van der Waals surface area contributed by atoms with E-state index in [1.54, 1.807) is 0 Å². The maximum atomic E-state index is 11.9. The van der Waals surface area contributed by atoms with Crippen LogP contribution >= 0.6 is 0 Å². The third kappa shape index (κ3) is 3.68. The molecule has 0 saturated carbocycles. The first kappa shape index (κ1) is 13.8. The highest BCUT2D eigenvalue weighted by atomic mass is 16.2. The molecule has 6 heteroatoms. The van der Waals surface area contributed by atoms with Gasteiger partial charge in [-0.3, -0.25) is 14.6 Å². The Labute approximate surface area is 114 Å². The third-order valence-corrected chi connectivity index (χ3v) is 2.67. The highest BCUT2D eigenvalue weighted by Crippen LogP contribution is 2.13. The average Bonchev–Trinajstić information content (AvgIpc) is 2.24. The molecule has 1 amide bonds. The second-order valence-corrected chi connectivity index (χ2v) is 4.71.